The number of nitrogens with zero attached hydrogens (tertiary/aromatic N) is 8. The number of alkyl halides is 3. The second kappa shape index (κ2) is 14.2. The van der Waals surface area contributed by atoms with E-state index in [1.807, 2.05) is 6.07 Å². The number of imide groups is 2. The molecule has 18 heteroatoms. The third kappa shape index (κ3) is 6.79. The minimum absolute atomic E-state index is 0.0654. The number of hydrogen-bond donors (Lipinski definition) is 2. The summed E-state index contributed by atoms with van der Waals surface area (Å²) >= 11 is 0. The van der Waals surface area contributed by atoms with Crippen LogP contribution < -0.4 is 20.4 Å². The Kier molecular flexibility index (Phi) is 9.31. The number of rotatable bonds is 8. The van der Waals surface area contributed by atoms with Crippen LogP contribution in [0.1, 0.15) is 71.4 Å². The third-order valence-corrected chi connectivity index (χ3v) is 13.0. The molecular weight excluding hydrogens is 770 g/mol. The van der Waals surface area contributed by atoms with Crippen LogP contribution in [0.5, 0.6) is 0 Å². The van der Waals surface area contributed by atoms with E-state index >= 15 is 0 Å². The molecule has 308 valence electrons. The first kappa shape index (κ1) is 38.7. The number of hydrogen-bond acceptors (Lipinski definition) is 11. The number of nitrogens with one attached hydrogen (secondary N) is 2. The molecule has 7 aliphatic heterocycles. The van der Waals surface area contributed by atoms with Crippen molar-refractivity contribution in [1.82, 2.24) is 29.8 Å². The highest BCUT2D eigenvalue weighted by atomic mass is 19.4. The van der Waals surface area contributed by atoms with Gasteiger partial charge in [0.25, 0.3) is 17.7 Å². The maximum absolute atomic E-state index is 13.5. The molecule has 3 atom stereocenters. The number of halogens is 3. The van der Waals surface area contributed by atoms with E-state index in [2.05, 4.69) is 35.3 Å². The topological polar surface area (TPSA) is 167 Å². The van der Waals surface area contributed by atoms with Gasteiger partial charge in [0.05, 0.1) is 40.2 Å². The van der Waals surface area contributed by atoms with Gasteiger partial charge in [-0.1, -0.05) is 0 Å². The molecule has 2 bridgehead atoms. The molecule has 0 aliphatic carbocycles. The molecule has 6 saturated heterocycles. The fraction of sp³-hybridized carbons (Fsp3) is 0.488. The molecule has 59 heavy (non-hydrogen) atoms. The van der Waals surface area contributed by atoms with E-state index < -0.39 is 58.4 Å². The number of piperidine rings is 2. The van der Waals surface area contributed by atoms with Crippen LogP contribution in [0.2, 0.25) is 0 Å². The standard InChI is InChI=1S/C41H43F3N10O5/c1-40(2,39(59)47-25-5-4-24(13-45)33(11-25)41(42,43)44)53-22-28(14-46-53)51-20-30(21-51)52-16-23-3-6-27(52)17-49(15-23)29-18-50(19-29)26-7-8-31-32(12-26)38(58)54(37(31)57)34-9-10-35(55)48-36(34)56/h4-5,7-8,11-12,14,22-23,27,29-30,34H,3,6,9-10,15-21H2,1-2H3,(H,47,59)(H,48,55,56). The molecule has 0 radical (unpaired) electrons. The zero-order chi connectivity index (χ0) is 41.5. The average molecular weight is 813 g/mol. The third-order valence-electron chi connectivity index (χ3n) is 13.0. The Morgan fingerprint density at radius 1 is 0.847 bits per heavy atom. The van der Waals surface area contributed by atoms with Gasteiger partial charge in [-0.3, -0.25) is 48.7 Å². The van der Waals surface area contributed by atoms with E-state index in [0.29, 0.717) is 24.0 Å². The fourth-order valence-electron chi connectivity index (χ4n) is 9.45. The van der Waals surface area contributed by atoms with Gasteiger partial charge in [0.2, 0.25) is 11.8 Å². The highest BCUT2D eigenvalue weighted by Crippen LogP contribution is 2.38. The van der Waals surface area contributed by atoms with Crippen LogP contribution in [0.3, 0.4) is 0 Å². The first-order valence-corrected chi connectivity index (χ1v) is 19.9. The molecule has 2 N–H and O–H groups in total. The molecule has 2 aromatic carbocycles. The molecule has 15 nitrogen and oxygen atoms in total. The van der Waals surface area contributed by atoms with Crippen molar-refractivity contribution in [1.29, 1.82) is 5.26 Å². The van der Waals surface area contributed by atoms with Crippen LogP contribution in [-0.4, -0.2) is 124 Å². The Morgan fingerprint density at radius 3 is 2.31 bits per heavy atom. The van der Waals surface area contributed by atoms with Gasteiger partial charge in [0.1, 0.15) is 11.6 Å². The predicted molar refractivity (Wildman–Crippen MR) is 206 cm³/mol. The molecule has 0 spiro atoms. The van der Waals surface area contributed by atoms with Gasteiger partial charge in [-0.15, -0.1) is 0 Å². The number of carbonyl (C=O) groups excluding carboxylic acids is 5. The van der Waals surface area contributed by atoms with Gasteiger partial charge in [0.15, 0.2) is 0 Å². The molecule has 0 saturated carbocycles. The normalized spacial score (nSPS) is 24.4. The average Bonchev–Trinajstić information content (AvgIpc) is 3.60. The van der Waals surface area contributed by atoms with E-state index in [0.717, 1.165) is 80.6 Å². The maximum atomic E-state index is 13.5. The molecule has 10 rings (SSSR count). The van der Waals surface area contributed by atoms with Gasteiger partial charge in [0, 0.05) is 87.9 Å². The van der Waals surface area contributed by atoms with Crippen LogP contribution in [0.15, 0.2) is 48.8 Å². The van der Waals surface area contributed by atoms with Crippen molar-refractivity contribution in [2.75, 3.05) is 60.9 Å². The maximum Gasteiger partial charge on any atom is 0.417 e. The Balaban J connectivity index is 0.785. The Bertz CT molecular complexity index is 2310. The monoisotopic (exact) mass is 812 g/mol. The fourth-order valence-corrected chi connectivity index (χ4v) is 9.45. The van der Waals surface area contributed by atoms with E-state index in [-0.39, 0.29) is 29.7 Å². The van der Waals surface area contributed by atoms with Crippen molar-refractivity contribution < 1.29 is 37.1 Å². The van der Waals surface area contributed by atoms with Crippen LogP contribution in [0, 0.1) is 17.2 Å². The van der Waals surface area contributed by atoms with Gasteiger partial charge < -0.3 is 15.1 Å². The van der Waals surface area contributed by atoms with Crippen molar-refractivity contribution in [3.05, 3.63) is 71.0 Å². The Labute approximate surface area is 337 Å². The number of benzene rings is 2. The lowest BCUT2D eigenvalue weighted by Gasteiger charge is -2.51. The summed E-state index contributed by atoms with van der Waals surface area (Å²) in [5.41, 5.74) is -0.651. The molecule has 8 heterocycles. The lowest BCUT2D eigenvalue weighted by molar-refractivity contribution is -0.138. The van der Waals surface area contributed by atoms with Crippen molar-refractivity contribution in [2.45, 2.75) is 75.4 Å². The molecule has 1 aromatic heterocycles. The number of amides is 5. The summed E-state index contributed by atoms with van der Waals surface area (Å²) in [6.07, 6.45) is 1.25. The second-order valence-electron chi connectivity index (χ2n) is 17.1. The first-order chi connectivity index (χ1) is 28.1. The number of aromatic nitrogens is 2. The molecule has 7 aliphatic rings. The van der Waals surface area contributed by atoms with Crippen LogP contribution in [-0.2, 0) is 26.1 Å². The predicted octanol–water partition coefficient (Wildman–Crippen LogP) is 3.02. The number of carbonyl (C=O) groups is 5. The van der Waals surface area contributed by atoms with Crippen molar-refractivity contribution in [3.63, 3.8) is 0 Å². The van der Waals surface area contributed by atoms with E-state index in [9.17, 15) is 37.1 Å². The summed E-state index contributed by atoms with van der Waals surface area (Å²) in [7, 11) is 0. The number of nitriles is 1. The zero-order valence-electron chi connectivity index (χ0n) is 32.5. The van der Waals surface area contributed by atoms with E-state index in [4.69, 9.17) is 5.26 Å². The summed E-state index contributed by atoms with van der Waals surface area (Å²) in [6.45, 7) is 9.51. The van der Waals surface area contributed by atoms with Crippen molar-refractivity contribution >= 4 is 46.6 Å². The molecular formula is C41H43F3N10O5. The molecule has 6 fully saturated rings. The van der Waals surface area contributed by atoms with Crippen molar-refractivity contribution in [2.24, 2.45) is 5.92 Å². The SMILES string of the molecule is CC(C)(C(=O)Nc1ccc(C#N)c(C(F)(F)F)c1)n1cc(N2CC(N3CC4CCC3CN(C3CN(c5ccc6c(c5)C(=O)N(C5CCC(=O)NC5=O)C6=O)C3)C4)C2)cn1. The minimum atomic E-state index is -4.74. The summed E-state index contributed by atoms with van der Waals surface area (Å²) in [6, 6.07) is 10.1. The lowest BCUT2D eigenvalue weighted by Crippen LogP contribution is -2.64. The van der Waals surface area contributed by atoms with Gasteiger partial charge >= 0.3 is 6.18 Å². The lowest BCUT2D eigenvalue weighted by atomic mass is 9.91. The Morgan fingerprint density at radius 2 is 1.58 bits per heavy atom. The van der Waals surface area contributed by atoms with Crippen LogP contribution >= 0.6 is 0 Å². The summed E-state index contributed by atoms with van der Waals surface area (Å²) in [5, 5.41) is 18.4. The zero-order valence-corrected chi connectivity index (χ0v) is 32.5. The highest BCUT2D eigenvalue weighted by molar-refractivity contribution is 6.23. The largest absolute Gasteiger partial charge is 0.417 e. The first-order valence-electron chi connectivity index (χ1n) is 19.9. The van der Waals surface area contributed by atoms with E-state index in [1.165, 1.54) is 17.2 Å². The van der Waals surface area contributed by atoms with Gasteiger partial charge in [-0.2, -0.15) is 23.5 Å². The smallest absolute Gasteiger partial charge is 0.368 e. The minimum Gasteiger partial charge on any atom is -0.368 e. The Hall–Kier alpha value is -5.80. The molecule has 3 unspecified atom stereocenters. The van der Waals surface area contributed by atoms with Gasteiger partial charge in [-0.05, 0) is 75.4 Å². The van der Waals surface area contributed by atoms with Crippen LogP contribution in [0.4, 0.5) is 30.2 Å². The second-order valence-corrected chi connectivity index (χ2v) is 17.1. The quantitative estimate of drug-likeness (QED) is 0.321. The molecule has 3 aromatic rings. The van der Waals surface area contributed by atoms with Gasteiger partial charge in [-0.25, -0.2) is 0 Å². The highest BCUT2D eigenvalue weighted by Gasteiger charge is 2.47. The number of anilines is 3. The van der Waals surface area contributed by atoms with Crippen molar-refractivity contribution in [3.8, 4) is 6.07 Å². The van der Waals surface area contributed by atoms with Crippen LogP contribution in [0.25, 0.3) is 0 Å². The molecule has 5 amide bonds. The van der Waals surface area contributed by atoms with E-state index in [1.54, 1.807) is 44.4 Å². The summed E-state index contributed by atoms with van der Waals surface area (Å²) in [4.78, 5) is 74.7. The summed E-state index contributed by atoms with van der Waals surface area (Å²) < 4.78 is 42.0. The summed E-state index contributed by atoms with van der Waals surface area (Å²) in [5.74, 6) is -2.06. The number of fused-ring (bicyclic) bond motifs is 5.